The zero-order chi connectivity index (χ0) is 40.1. The Morgan fingerprint density at radius 2 is 0.927 bits per heavy atom. The Morgan fingerprint density at radius 3 is 1.27 bits per heavy atom. The third kappa shape index (κ3) is 8.03. The van der Waals surface area contributed by atoms with E-state index >= 15 is 0 Å². The van der Waals surface area contributed by atoms with E-state index in [-0.39, 0.29) is 7.25 Å². The number of aryl methyl sites for hydroxylation is 2. The molecule has 0 bridgehead atoms. The quantitative estimate of drug-likeness (QED) is 0.114. The molecule has 7 heteroatoms. The van der Waals surface area contributed by atoms with Crippen LogP contribution in [0.25, 0.3) is 34.4 Å². The zero-order valence-electron chi connectivity index (χ0n) is 35.8. The summed E-state index contributed by atoms with van der Waals surface area (Å²) >= 11 is -5.34. The monoisotopic (exact) mass is 882 g/mol. The number of nitrogens with zero attached hydrogens (tertiary/aromatic N) is 1. The number of benzene rings is 4. The van der Waals surface area contributed by atoms with E-state index in [1.807, 2.05) is 0 Å². The van der Waals surface area contributed by atoms with Crippen LogP contribution in [-0.2, 0) is 29.0 Å². The fourth-order valence-electron chi connectivity index (χ4n) is 10.3. The van der Waals surface area contributed by atoms with Crippen molar-refractivity contribution < 1.29 is 16.2 Å². The first kappa shape index (κ1) is 42.9. The summed E-state index contributed by atoms with van der Waals surface area (Å²) < 4.78 is 2.92. The van der Waals surface area contributed by atoms with Crippen molar-refractivity contribution in [2.45, 2.75) is 114 Å². The molecule has 4 aromatic rings. The van der Waals surface area contributed by atoms with Crippen LogP contribution >= 0.6 is 17.0 Å². The Kier molecular flexibility index (Phi) is 12.6. The van der Waals surface area contributed by atoms with Crippen molar-refractivity contribution in [3.8, 4) is 22.3 Å². The first-order valence-corrected chi connectivity index (χ1v) is 38.8. The summed E-state index contributed by atoms with van der Waals surface area (Å²) in [5.74, 6) is 0.599. The van der Waals surface area contributed by atoms with E-state index in [0.29, 0.717) is 11.8 Å². The van der Waals surface area contributed by atoms with E-state index in [1.54, 1.807) is 0 Å². The second-order valence-electron chi connectivity index (χ2n) is 19.2. The van der Waals surface area contributed by atoms with Crippen molar-refractivity contribution in [2.75, 3.05) is 0 Å². The van der Waals surface area contributed by atoms with Gasteiger partial charge in [0.2, 0.25) is 0 Å². The summed E-state index contributed by atoms with van der Waals surface area (Å²) in [4.78, 5) is 0.811. The van der Waals surface area contributed by atoms with Gasteiger partial charge in [0, 0.05) is 0 Å². The topological polar surface area (TPSA) is 3.24 Å². The molecule has 0 heterocycles. The van der Waals surface area contributed by atoms with Gasteiger partial charge in [-0.05, 0) is 0 Å². The molecule has 0 spiro atoms. The molecular formula is C48H65BCl2NSi2Zr. The Morgan fingerprint density at radius 1 is 0.564 bits per heavy atom. The fraction of sp³-hybridized carbons (Fsp3) is 0.417. The number of allylic oxidation sites excluding steroid dienone is 2. The first-order chi connectivity index (χ1) is 25.8. The van der Waals surface area contributed by atoms with Crippen molar-refractivity contribution in [1.82, 2.24) is 4.14 Å². The average Bonchev–Trinajstić information content (AvgIpc) is 3.73. The van der Waals surface area contributed by atoms with E-state index < -0.39 is 32.6 Å². The Bertz CT molecular complexity index is 1980. The van der Waals surface area contributed by atoms with Crippen LogP contribution in [0.1, 0.15) is 95.0 Å². The van der Waals surface area contributed by atoms with Gasteiger partial charge in [0.05, 0.1) is 0 Å². The minimum absolute atomic E-state index is 0.0117. The van der Waals surface area contributed by atoms with Gasteiger partial charge in [-0.15, -0.1) is 0 Å². The van der Waals surface area contributed by atoms with Crippen LogP contribution in [0, 0.1) is 11.8 Å². The summed E-state index contributed by atoms with van der Waals surface area (Å²) in [5, 5.41) is 0. The zero-order valence-corrected chi connectivity index (χ0v) is 41.8. The Hall–Kier alpha value is -1.72. The molecule has 0 amide bonds. The number of hydrogen-bond donors (Lipinski definition) is 0. The molecule has 0 fully saturated rings. The van der Waals surface area contributed by atoms with Gasteiger partial charge in [-0.3, -0.25) is 0 Å². The Balaban J connectivity index is 1.70. The number of fused-ring (bicyclic) bond motifs is 2. The van der Waals surface area contributed by atoms with Crippen LogP contribution in [0.3, 0.4) is 0 Å². The molecule has 1 nitrogen and oxygen atoms in total. The van der Waals surface area contributed by atoms with Gasteiger partial charge in [-0.1, -0.05) is 0 Å². The normalized spacial score (nSPS) is 17.9. The van der Waals surface area contributed by atoms with Gasteiger partial charge in [0.15, 0.2) is 0 Å². The van der Waals surface area contributed by atoms with Gasteiger partial charge < -0.3 is 0 Å². The van der Waals surface area contributed by atoms with Crippen molar-refractivity contribution >= 4 is 50.6 Å². The molecule has 2 atom stereocenters. The number of halogens is 2. The average molecular weight is 885 g/mol. The van der Waals surface area contributed by atoms with Crippen LogP contribution in [0.15, 0.2) is 96.1 Å². The molecule has 0 aromatic heterocycles. The number of hydrogen-bond acceptors (Lipinski definition) is 1. The Labute approximate surface area is 345 Å². The minimum atomic E-state index is -5.34. The van der Waals surface area contributed by atoms with Gasteiger partial charge in [0.25, 0.3) is 0 Å². The van der Waals surface area contributed by atoms with Gasteiger partial charge >= 0.3 is 348 Å². The molecule has 291 valence electrons. The van der Waals surface area contributed by atoms with Gasteiger partial charge in [0.1, 0.15) is 0 Å². The third-order valence-electron chi connectivity index (χ3n) is 12.4. The number of rotatable bonds is 14. The molecule has 0 saturated heterocycles. The van der Waals surface area contributed by atoms with E-state index in [2.05, 4.69) is 182 Å². The molecule has 4 aromatic carbocycles. The van der Waals surface area contributed by atoms with Gasteiger partial charge in [-0.25, -0.2) is 0 Å². The predicted octanol–water partition coefficient (Wildman–Crippen LogP) is 15.0. The van der Waals surface area contributed by atoms with Crippen LogP contribution in [-0.4, -0.2) is 25.6 Å². The summed E-state index contributed by atoms with van der Waals surface area (Å²) in [5.41, 5.74) is 16.4. The second-order valence-corrected chi connectivity index (χ2v) is 51.3. The van der Waals surface area contributed by atoms with Crippen molar-refractivity contribution in [3.63, 3.8) is 0 Å². The molecule has 2 aliphatic rings. The summed E-state index contributed by atoms with van der Waals surface area (Å²) in [6, 6.07) is 32.1. The maximum absolute atomic E-state index is 9.20. The fourth-order valence-corrected chi connectivity index (χ4v) is 52.8. The standard InChI is InChI=1S/2C21H23.C6H19BNSi2.2ClH.Zr/c2*1-4-8-16-9-5-6-11-19(16)20-12-7-10-17-13-18(15(2)3)14-21(17)20;1-9(2,3)8(7)10(4,5)6;;;/h2*5-7,9-15H,4,8H2,1-3H3;7H,1-6H3;2*1H;/q;;+1;;;+1/p-2. The molecule has 0 saturated carbocycles. The molecule has 0 N–H and O–H groups in total. The first-order valence-electron chi connectivity index (χ1n) is 21.0. The van der Waals surface area contributed by atoms with E-state index in [0.717, 1.165) is 30.6 Å². The van der Waals surface area contributed by atoms with E-state index in [9.17, 15) is 17.0 Å². The van der Waals surface area contributed by atoms with Crippen LogP contribution in [0.5, 0.6) is 0 Å². The van der Waals surface area contributed by atoms with Gasteiger partial charge in [-0.2, -0.15) is 0 Å². The molecule has 6 rings (SSSR count). The molecule has 2 aliphatic carbocycles. The molecule has 0 radical (unpaired) electrons. The van der Waals surface area contributed by atoms with Crippen molar-refractivity contribution in [2.24, 2.45) is 11.8 Å². The maximum atomic E-state index is 9.20. The van der Waals surface area contributed by atoms with Crippen LogP contribution in [0.2, 0.25) is 39.3 Å². The van der Waals surface area contributed by atoms with Crippen molar-refractivity contribution in [3.05, 3.63) is 129 Å². The molecule has 55 heavy (non-hydrogen) atoms. The summed E-state index contributed by atoms with van der Waals surface area (Å²) in [6.07, 6.45) is 9.44. The van der Waals surface area contributed by atoms with Crippen LogP contribution in [0.4, 0.5) is 0 Å². The summed E-state index contributed by atoms with van der Waals surface area (Å²) in [7, 11) is 14.6. The van der Waals surface area contributed by atoms with E-state index in [4.69, 9.17) is 0 Å². The third-order valence-corrected chi connectivity index (χ3v) is 39.4. The molecule has 2 unspecified atom stereocenters. The van der Waals surface area contributed by atoms with Crippen LogP contribution < -0.4 is 0 Å². The van der Waals surface area contributed by atoms with E-state index in [1.165, 1.54) is 66.8 Å². The second kappa shape index (κ2) is 16.1. The summed E-state index contributed by atoms with van der Waals surface area (Å²) in [6.45, 7) is 29.2. The van der Waals surface area contributed by atoms with Crippen molar-refractivity contribution in [1.29, 1.82) is 0 Å². The molecule has 0 aliphatic heterocycles. The molecular weight excluding hydrogens is 820 g/mol. The predicted molar refractivity (Wildman–Crippen MR) is 250 cm³/mol. The SMILES string of the molecule is CCCc1ccccc1-c1cccc2c1C=C(C(C)C)[CH]2[Zr]([Cl])([Cl])([BH]N([Si](C)(C)C)[Si](C)(C)C)[CH]1C(C(C)C)=Cc2c(-c3ccccc3CCC)cccc21.